The Bertz CT molecular complexity index is 1400. The molecule has 1 atom stereocenters. The first-order valence-electron chi connectivity index (χ1n) is 12.2. The molecule has 1 aliphatic heterocycles. The summed E-state index contributed by atoms with van der Waals surface area (Å²) in [6, 6.07) is 9.09. The van der Waals surface area contributed by atoms with Gasteiger partial charge in [0.2, 0.25) is 10.0 Å². The first-order chi connectivity index (χ1) is 18.7. The van der Waals surface area contributed by atoms with Crippen molar-refractivity contribution < 1.29 is 36.2 Å². The number of nitrogens with zero attached hydrogens (tertiary/aromatic N) is 1. The number of alkyl halides is 3. The number of likely N-dealkylation sites (tertiary alicyclic amines) is 1. The summed E-state index contributed by atoms with van der Waals surface area (Å²) in [7, 11) is -4.66. The van der Waals surface area contributed by atoms with E-state index in [1.165, 1.54) is 12.2 Å². The molecule has 0 amide bonds. The Balaban J connectivity index is 1.77. The van der Waals surface area contributed by atoms with Gasteiger partial charge < -0.3 is 20.5 Å². The molecule has 14 heteroatoms. The van der Waals surface area contributed by atoms with Gasteiger partial charge in [-0.2, -0.15) is 13.2 Å². The van der Waals surface area contributed by atoms with Gasteiger partial charge in [0, 0.05) is 37.2 Å². The van der Waals surface area contributed by atoms with Crippen molar-refractivity contribution in [1.82, 2.24) is 4.90 Å². The van der Waals surface area contributed by atoms with E-state index in [4.69, 9.17) is 21.3 Å². The molecule has 0 radical (unpaired) electrons. The number of hydrogen-bond donors (Lipinski definition) is 5. The zero-order valence-corrected chi connectivity index (χ0v) is 22.3. The second-order valence-electron chi connectivity index (χ2n) is 9.25. The highest BCUT2D eigenvalue weighted by atomic mass is 32.2. The Morgan fingerprint density at radius 3 is 2.48 bits per heavy atom. The average molecular weight is 582 g/mol. The third-order valence-corrected chi connectivity index (χ3v) is 7.93. The van der Waals surface area contributed by atoms with E-state index >= 15 is 0 Å². The van der Waals surface area contributed by atoms with Crippen LogP contribution in [0.5, 0.6) is 5.75 Å². The van der Waals surface area contributed by atoms with Gasteiger partial charge in [0.15, 0.2) is 5.25 Å². The highest BCUT2D eigenvalue weighted by molar-refractivity contribution is 7.94. The zero-order chi connectivity index (χ0) is 29.7. The van der Waals surface area contributed by atoms with Gasteiger partial charge in [-0.1, -0.05) is 30.4 Å². The number of halogens is 3. The molecule has 1 saturated heterocycles. The number of ether oxygens (including phenoxy) is 1. The van der Waals surface area contributed by atoms with Gasteiger partial charge in [0.1, 0.15) is 17.7 Å². The molecule has 0 aromatic heterocycles. The van der Waals surface area contributed by atoms with Gasteiger partial charge in [0.05, 0.1) is 11.4 Å². The quantitative estimate of drug-likeness (QED) is 0.207. The maximum atomic E-state index is 13.9. The minimum absolute atomic E-state index is 0.177. The van der Waals surface area contributed by atoms with Gasteiger partial charge in [-0.05, 0) is 43.2 Å². The van der Waals surface area contributed by atoms with Crippen LogP contribution in [0.15, 0.2) is 48.5 Å². The number of carboxylic acids is 1. The Morgan fingerprint density at radius 1 is 1.23 bits per heavy atom. The Labute approximate surface area is 229 Å². The van der Waals surface area contributed by atoms with Gasteiger partial charge in [0.25, 0.3) is 0 Å². The molecule has 40 heavy (non-hydrogen) atoms. The number of rotatable bonds is 10. The van der Waals surface area contributed by atoms with Crippen molar-refractivity contribution in [2.24, 2.45) is 5.73 Å². The first-order valence-corrected chi connectivity index (χ1v) is 13.8. The van der Waals surface area contributed by atoms with Crippen LogP contribution in [0, 0.1) is 10.8 Å². The SMILES string of the molecule is CC(=N)N1CCC(Oc2ccc(NS(=O)(=O)C(C/C=C/c3cccc(C(=N)N)c3)C(=O)O)cc2C(F)(F)F)CC1. The number of hydrogen-bond acceptors (Lipinski definition) is 6. The molecule has 6 N–H and O–H groups in total. The number of amidine groups is 2. The minimum Gasteiger partial charge on any atom is -0.490 e. The molecule has 1 aliphatic rings. The number of allylic oxidation sites excluding steroid dienone is 1. The normalized spacial score (nSPS) is 15.6. The largest absolute Gasteiger partial charge is 0.490 e. The van der Waals surface area contributed by atoms with E-state index < -0.39 is 56.9 Å². The molecule has 0 spiro atoms. The van der Waals surface area contributed by atoms with E-state index in [0.717, 1.165) is 12.1 Å². The van der Waals surface area contributed by atoms with Crippen molar-refractivity contribution in [3.05, 3.63) is 65.2 Å². The summed E-state index contributed by atoms with van der Waals surface area (Å²) < 4.78 is 74.9. The van der Waals surface area contributed by atoms with Crippen LogP contribution in [-0.2, 0) is 21.0 Å². The van der Waals surface area contributed by atoms with Gasteiger partial charge >= 0.3 is 12.1 Å². The third-order valence-electron chi connectivity index (χ3n) is 6.26. The Kier molecular flexibility index (Phi) is 9.45. The molecule has 2 aromatic rings. The molecule has 3 rings (SSSR count). The minimum atomic E-state index is -4.87. The van der Waals surface area contributed by atoms with Crippen LogP contribution in [0.25, 0.3) is 6.08 Å². The second kappa shape index (κ2) is 12.4. The van der Waals surface area contributed by atoms with Crippen LogP contribution in [0.1, 0.15) is 42.9 Å². The molecule has 10 nitrogen and oxygen atoms in total. The van der Waals surface area contributed by atoms with E-state index in [9.17, 15) is 31.5 Å². The summed E-state index contributed by atoms with van der Waals surface area (Å²) in [5.74, 6) is -1.96. The van der Waals surface area contributed by atoms with Crippen molar-refractivity contribution in [2.75, 3.05) is 17.8 Å². The number of aliphatic carboxylic acids is 1. The predicted molar refractivity (Wildman–Crippen MR) is 145 cm³/mol. The fourth-order valence-electron chi connectivity index (χ4n) is 4.14. The topological polar surface area (TPSA) is 170 Å². The summed E-state index contributed by atoms with van der Waals surface area (Å²) in [6.45, 7) is 2.56. The first kappa shape index (κ1) is 30.5. The van der Waals surface area contributed by atoms with Crippen molar-refractivity contribution in [2.45, 2.75) is 43.7 Å². The highest BCUT2D eigenvalue weighted by Crippen LogP contribution is 2.39. The number of nitrogens with two attached hydrogens (primary N) is 1. The van der Waals surface area contributed by atoms with Crippen LogP contribution in [-0.4, -0.2) is 60.5 Å². The molecular formula is C26H30F3N5O5S. The molecule has 1 unspecified atom stereocenters. The molecule has 216 valence electrons. The second-order valence-corrected chi connectivity index (χ2v) is 11.1. The van der Waals surface area contributed by atoms with Gasteiger partial charge in [-0.25, -0.2) is 8.42 Å². The molecule has 0 bridgehead atoms. The average Bonchev–Trinajstić information content (AvgIpc) is 2.86. The van der Waals surface area contributed by atoms with Gasteiger partial charge in [-0.15, -0.1) is 0 Å². The number of carbonyl (C=O) groups is 1. The van der Waals surface area contributed by atoms with Crippen molar-refractivity contribution >= 4 is 39.4 Å². The lowest BCUT2D eigenvalue weighted by Gasteiger charge is -2.33. The number of sulfonamides is 1. The summed E-state index contributed by atoms with van der Waals surface area (Å²) in [5.41, 5.74) is 4.76. The standard InChI is InChI=1S/C26H30F3N5O5S/c1-16(30)34-12-10-20(11-13-34)39-22-9-8-19(15-21(22)26(27,28)29)33-40(37,38)23(25(35)36)7-3-5-17-4-2-6-18(14-17)24(31)32/h2-6,8-9,14-15,20,23,30,33H,7,10-13H2,1H3,(H3,31,32)(H,35,36)/b5-3+,30-16?. The monoisotopic (exact) mass is 581 g/mol. The van der Waals surface area contributed by atoms with Crippen LogP contribution in [0.3, 0.4) is 0 Å². The van der Waals surface area contributed by atoms with Crippen molar-refractivity contribution in [3.8, 4) is 5.75 Å². The van der Waals surface area contributed by atoms with Crippen LogP contribution in [0.4, 0.5) is 18.9 Å². The number of nitrogens with one attached hydrogen (secondary N) is 3. The fraction of sp³-hybridized carbons (Fsp3) is 0.346. The highest BCUT2D eigenvalue weighted by Gasteiger charge is 2.37. The summed E-state index contributed by atoms with van der Waals surface area (Å²) in [6.07, 6.45) is -2.27. The lowest BCUT2D eigenvalue weighted by atomic mass is 10.1. The van der Waals surface area contributed by atoms with Crippen LogP contribution < -0.4 is 15.2 Å². The van der Waals surface area contributed by atoms with E-state index in [0.29, 0.717) is 49.0 Å². The molecule has 1 fully saturated rings. The molecular weight excluding hydrogens is 551 g/mol. The summed E-state index contributed by atoms with van der Waals surface area (Å²) in [5, 5.41) is 22.7. The predicted octanol–water partition coefficient (Wildman–Crippen LogP) is 4.13. The fourth-order valence-corrected chi connectivity index (χ4v) is 5.37. The molecule has 0 aliphatic carbocycles. The smallest absolute Gasteiger partial charge is 0.420 e. The Morgan fingerprint density at radius 2 is 1.90 bits per heavy atom. The number of benzene rings is 2. The van der Waals surface area contributed by atoms with E-state index in [-0.39, 0.29) is 5.84 Å². The van der Waals surface area contributed by atoms with Crippen LogP contribution in [0.2, 0.25) is 0 Å². The molecule has 1 heterocycles. The van der Waals surface area contributed by atoms with E-state index in [2.05, 4.69) is 0 Å². The maximum Gasteiger partial charge on any atom is 0.420 e. The van der Waals surface area contributed by atoms with Crippen LogP contribution >= 0.6 is 0 Å². The number of anilines is 1. The Hall–Kier alpha value is -4.07. The van der Waals surface area contributed by atoms with Gasteiger partial charge in [-0.3, -0.25) is 20.3 Å². The number of piperidine rings is 1. The van der Waals surface area contributed by atoms with E-state index in [1.54, 1.807) is 36.1 Å². The molecule has 2 aromatic carbocycles. The zero-order valence-electron chi connectivity index (χ0n) is 21.5. The lowest BCUT2D eigenvalue weighted by molar-refractivity contribution is -0.139. The number of carboxylic acid groups (broad SMARTS) is 1. The summed E-state index contributed by atoms with van der Waals surface area (Å²) >= 11 is 0. The lowest BCUT2D eigenvalue weighted by Crippen LogP contribution is -2.40. The third kappa shape index (κ3) is 7.97. The summed E-state index contributed by atoms with van der Waals surface area (Å²) in [4.78, 5) is 13.6. The number of nitrogen functional groups attached to an aromatic ring is 1. The maximum absolute atomic E-state index is 13.9. The van der Waals surface area contributed by atoms with Crippen molar-refractivity contribution in [1.29, 1.82) is 10.8 Å². The molecule has 0 saturated carbocycles. The van der Waals surface area contributed by atoms with Crippen molar-refractivity contribution in [3.63, 3.8) is 0 Å². The van der Waals surface area contributed by atoms with E-state index in [1.807, 2.05) is 4.72 Å².